The molecule has 2 heterocycles. The molecule has 0 unspecified atom stereocenters. The van der Waals surface area contributed by atoms with Gasteiger partial charge in [0.2, 0.25) is 0 Å². The van der Waals surface area contributed by atoms with Crippen LogP contribution in [0.5, 0.6) is 0 Å². The molecule has 1 N–H and O–H groups in total. The normalized spacial score (nSPS) is 10.9. The van der Waals surface area contributed by atoms with E-state index in [4.69, 9.17) is 11.6 Å². The second kappa shape index (κ2) is 8.00. The summed E-state index contributed by atoms with van der Waals surface area (Å²) in [6.45, 7) is 0. The minimum atomic E-state index is -0.423. The number of aromatic nitrogens is 4. The summed E-state index contributed by atoms with van der Waals surface area (Å²) in [6.07, 6.45) is 1.69. The number of rotatable bonds is 6. The first-order valence-corrected chi connectivity index (χ1v) is 9.76. The fraction of sp³-hybridized carbons (Fsp3) is 0.0500. The molecule has 0 bridgehead atoms. The molecule has 0 spiro atoms. The Balaban J connectivity index is 1.76. The van der Waals surface area contributed by atoms with E-state index in [1.54, 1.807) is 59.3 Å². The number of ketones is 1. The van der Waals surface area contributed by atoms with Crippen LogP contribution in [0.4, 0.5) is 4.39 Å². The van der Waals surface area contributed by atoms with Gasteiger partial charge >= 0.3 is 0 Å². The van der Waals surface area contributed by atoms with Crippen LogP contribution < -0.4 is 0 Å². The number of carbonyl (C=O) groups is 1. The van der Waals surface area contributed by atoms with Gasteiger partial charge in [-0.3, -0.25) is 9.36 Å². The molecule has 28 heavy (non-hydrogen) atoms. The smallest absolute Gasteiger partial charge is 0.196 e. The van der Waals surface area contributed by atoms with Crippen molar-refractivity contribution >= 4 is 29.1 Å². The summed E-state index contributed by atoms with van der Waals surface area (Å²) >= 11 is 7.51. The Hall–Kier alpha value is -2.90. The van der Waals surface area contributed by atoms with Gasteiger partial charge in [-0.1, -0.05) is 47.6 Å². The number of nitrogens with zero attached hydrogens (tertiary/aromatic N) is 3. The van der Waals surface area contributed by atoms with Gasteiger partial charge in [-0.05, 0) is 36.4 Å². The van der Waals surface area contributed by atoms with Crippen molar-refractivity contribution < 1.29 is 9.18 Å². The molecule has 140 valence electrons. The molecule has 0 atom stereocenters. The van der Waals surface area contributed by atoms with E-state index in [1.807, 2.05) is 6.07 Å². The zero-order valence-corrected chi connectivity index (χ0v) is 16.0. The lowest BCUT2D eigenvalue weighted by molar-refractivity contribution is 0.101. The van der Waals surface area contributed by atoms with Gasteiger partial charge in [-0.25, -0.2) is 4.39 Å². The number of thioether (sulfide) groups is 1. The molecular weight excluding hydrogens is 399 g/mol. The number of carbonyl (C=O) groups excluding carboxylic acids is 1. The van der Waals surface area contributed by atoms with Crippen molar-refractivity contribution in [1.82, 2.24) is 19.7 Å². The third-order valence-corrected chi connectivity index (χ3v) is 5.33. The number of halogens is 2. The van der Waals surface area contributed by atoms with Crippen LogP contribution in [0.3, 0.4) is 0 Å². The Morgan fingerprint density at radius 2 is 1.86 bits per heavy atom. The summed E-state index contributed by atoms with van der Waals surface area (Å²) in [5.41, 5.74) is 1.43. The average Bonchev–Trinajstić information content (AvgIpc) is 3.37. The zero-order chi connectivity index (χ0) is 19.5. The number of benzene rings is 2. The molecule has 0 amide bonds. The van der Waals surface area contributed by atoms with Crippen LogP contribution in [0.1, 0.15) is 10.5 Å². The van der Waals surface area contributed by atoms with Crippen molar-refractivity contribution in [1.29, 1.82) is 0 Å². The number of hydrogen-bond donors (Lipinski definition) is 1. The predicted octanol–water partition coefficient (Wildman–Crippen LogP) is 5.03. The highest BCUT2D eigenvalue weighted by Crippen LogP contribution is 2.32. The molecule has 0 saturated carbocycles. The second-order valence-corrected chi connectivity index (χ2v) is 7.22. The lowest BCUT2D eigenvalue weighted by atomic mass is 10.2. The Morgan fingerprint density at radius 1 is 1.07 bits per heavy atom. The van der Waals surface area contributed by atoms with Crippen molar-refractivity contribution in [2.45, 2.75) is 5.16 Å². The van der Waals surface area contributed by atoms with Gasteiger partial charge in [0, 0.05) is 11.8 Å². The fourth-order valence-corrected chi connectivity index (χ4v) is 3.79. The Labute approximate surface area is 169 Å². The molecule has 2 aromatic carbocycles. The van der Waals surface area contributed by atoms with Crippen LogP contribution in [0.25, 0.3) is 17.1 Å². The minimum absolute atomic E-state index is 0.0858. The maximum absolute atomic E-state index is 14.6. The summed E-state index contributed by atoms with van der Waals surface area (Å²) < 4.78 is 16.1. The Kier molecular flexibility index (Phi) is 5.27. The quantitative estimate of drug-likeness (QED) is 0.356. The molecule has 0 aliphatic heterocycles. The molecule has 0 aliphatic carbocycles. The molecule has 0 radical (unpaired) electrons. The number of H-pyrrole nitrogens is 1. The van der Waals surface area contributed by atoms with Crippen molar-refractivity contribution in [3.05, 3.63) is 83.4 Å². The van der Waals surface area contributed by atoms with Gasteiger partial charge in [0.15, 0.2) is 16.8 Å². The van der Waals surface area contributed by atoms with Crippen LogP contribution >= 0.6 is 23.4 Å². The van der Waals surface area contributed by atoms with Crippen LogP contribution in [0.15, 0.2) is 72.0 Å². The largest absolute Gasteiger partial charge is 0.359 e. The van der Waals surface area contributed by atoms with E-state index in [2.05, 4.69) is 15.2 Å². The van der Waals surface area contributed by atoms with Gasteiger partial charge < -0.3 is 4.98 Å². The summed E-state index contributed by atoms with van der Waals surface area (Å²) in [5.74, 6) is 0.0337. The Bertz CT molecular complexity index is 1130. The molecule has 8 heteroatoms. The van der Waals surface area contributed by atoms with Gasteiger partial charge in [-0.2, -0.15) is 0 Å². The van der Waals surface area contributed by atoms with Gasteiger partial charge in [0.1, 0.15) is 5.82 Å². The van der Waals surface area contributed by atoms with Crippen LogP contribution in [0.2, 0.25) is 5.02 Å². The van der Waals surface area contributed by atoms with E-state index >= 15 is 0 Å². The third-order valence-electron chi connectivity index (χ3n) is 4.07. The minimum Gasteiger partial charge on any atom is -0.359 e. The maximum atomic E-state index is 14.6. The number of Topliss-reactive ketones (excluding diaryl/α,β-unsaturated/α-hetero) is 1. The highest BCUT2D eigenvalue weighted by molar-refractivity contribution is 7.99. The second-order valence-electron chi connectivity index (χ2n) is 5.87. The highest BCUT2D eigenvalue weighted by Gasteiger charge is 2.21. The first-order valence-electron chi connectivity index (χ1n) is 8.40. The van der Waals surface area contributed by atoms with Gasteiger partial charge in [0.05, 0.1) is 22.2 Å². The lowest BCUT2D eigenvalue weighted by Gasteiger charge is -2.11. The van der Waals surface area contributed by atoms with E-state index in [1.165, 1.54) is 17.8 Å². The van der Waals surface area contributed by atoms with E-state index in [-0.39, 0.29) is 17.2 Å². The summed E-state index contributed by atoms with van der Waals surface area (Å²) in [4.78, 5) is 15.2. The van der Waals surface area contributed by atoms with Gasteiger partial charge in [-0.15, -0.1) is 10.2 Å². The van der Waals surface area contributed by atoms with Crippen LogP contribution in [-0.2, 0) is 0 Å². The molecular formula is C20H14ClFN4OS. The first kappa shape index (κ1) is 18.5. The molecule has 5 nitrogen and oxygen atoms in total. The summed E-state index contributed by atoms with van der Waals surface area (Å²) in [7, 11) is 0. The zero-order valence-electron chi connectivity index (χ0n) is 14.5. The lowest BCUT2D eigenvalue weighted by Crippen LogP contribution is -2.06. The van der Waals surface area contributed by atoms with Crippen LogP contribution in [-0.4, -0.2) is 31.3 Å². The maximum Gasteiger partial charge on any atom is 0.196 e. The fourth-order valence-electron chi connectivity index (χ4n) is 2.74. The highest BCUT2D eigenvalue weighted by atomic mass is 35.5. The number of nitrogens with one attached hydrogen (secondary N) is 1. The van der Waals surface area contributed by atoms with Crippen molar-refractivity contribution in [2.75, 3.05) is 5.75 Å². The topological polar surface area (TPSA) is 63.6 Å². The summed E-state index contributed by atoms with van der Waals surface area (Å²) in [6, 6.07) is 17.0. The number of para-hydroxylation sites is 1. The van der Waals surface area contributed by atoms with E-state index in [0.29, 0.717) is 27.3 Å². The standard InChI is InChI=1S/C20H14ClFN4OS/c21-14-7-2-1-6-13(14)19-24-25-20(26(19)17-10-4-3-8-15(17)22)28-12-18(27)16-9-5-11-23-16/h1-11,23H,12H2. The van der Waals surface area contributed by atoms with Crippen molar-refractivity contribution in [3.63, 3.8) is 0 Å². The molecule has 2 aromatic heterocycles. The van der Waals surface area contributed by atoms with Gasteiger partial charge in [0.25, 0.3) is 0 Å². The summed E-state index contributed by atoms with van der Waals surface area (Å²) in [5, 5.41) is 9.30. The number of hydrogen-bond acceptors (Lipinski definition) is 4. The molecule has 0 fully saturated rings. The third kappa shape index (κ3) is 3.58. The average molecular weight is 413 g/mol. The van der Waals surface area contributed by atoms with Crippen LogP contribution in [0, 0.1) is 5.82 Å². The molecule has 0 aliphatic rings. The van der Waals surface area contributed by atoms with Crippen molar-refractivity contribution in [2.24, 2.45) is 0 Å². The van der Waals surface area contributed by atoms with Crippen molar-refractivity contribution in [3.8, 4) is 17.1 Å². The SMILES string of the molecule is O=C(CSc1nnc(-c2ccccc2Cl)n1-c1ccccc1F)c1ccc[nH]1. The first-order chi connectivity index (χ1) is 13.6. The molecule has 0 saturated heterocycles. The Morgan fingerprint density at radius 3 is 2.61 bits per heavy atom. The van der Waals surface area contributed by atoms with E-state index in [0.717, 1.165) is 0 Å². The van der Waals surface area contributed by atoms with E-state index < -0.39 is 5.82 Å². The monoisotopic (exact) mass is 412 g/mol. The predicted molar refractivity (Wildman–Crippen MR) is 108 cm³/mol. The molecule has 4 rings (SSSR count). The molecule has 4 aromatic rings. The van der Waals surface area contributed by atoms with E-state index in [9.17, 15) is 9.18 Å². The number of aromatic amines is 1.